The van der Waals surface area contributed by atoms with Crippen molar-refractivity contribution in [2.45, 2.75) is 19.2 Å². The number of hydrogen-bond donors (Lipinski definition) is 1. The molecule has 3 aromatic carbocycles. The number of methoxy groups -OCH3 is 1. The zero-order valence-corrected chi connectivity index (χ0v) is 18.5. The lowest BCUT2D eigenvalue weighted by Crippen LogP contribution is -2.18. The topological polar surface area (TPSA) is 73.6 Å². The van der Waals surface area contributed by atoms with Crippen molar-refractivity contribution >= 4 is 11.6 Å². The van der Waals surface area contributed by atoms with E-state index in [0.717, 1.165) is 41.8 Å². The maximum Gasteiger partial charge on any atom is 0.573 e. The predicted molar refractivity (Wildman–Crippen MR) is 122 cm³/mol. The van der Waals surface area contributed by atoms with Crippen molar-refractivity contribution in [2.24, 2.45) is 0 Å². The van der Waals surface area contributed by atoms with E-state index >= 15 is 0 Å². The number of aryl methyl sites for hydroxylation is 1. The summed E-state index contributed by atoms with van der Waals surface area (Å²) in [5.41, 5.74) is 5.02. The third-order valence-electron chi connectivity index (χ3n) is 5.74. The van der Waals surface area contributed by atoms with Gasteiger partial charge in [-0.1, -0.05) is 35.5 Å². The van der Waals surface area contributed by atoms with E-state index in [4.69, 9.17) is 9.26 Å². The van der Waals surface area contributed by atoms with Crippen LogP contribution in [0.4, 0.5) is 18.9 Å². The number of nitrogens with zero attached hydrogens (tertiary/aromatic N) is 1. The Bertz CT molecular complexity index is 1410. The number of halogens is 3. The molecule has 0 saturated heterocycles. The maximum atomic E-state index is 12.8. The molecular weight excluding hydrogens is 461 g/mol. The average molecular weight is 480 g/mol. The number of carbonyl (C=O) groups excluding carboxylic acids is 1. The largest absolute Gasteiger partial charge is 0.573 e. The van der Waals surface area contributed by atoms with Gasteiger partial charge in [0.05, 0.1) is 12.8 Å². The summed E-state index contributed by atoms with van der Waals surface area (Å²) in [6, 6.07) is 18.0. The Labute approximate surface area is 198 Å². The molecule has 5 rings (SSSR count). The van der Waals surface area contributed by atoms with Crippen LogP contribution in [-0.2, 0) is 12.8 Å². The molecule has 1 aliphatic rings. The van der Waals surface area contributed by atoms with E-state index in [0.29, 0.717) is 22.8 Å². The molecule has 0 fully saturated rings. The lowest BCUT2D eigenvalue weighted by molar-refractivity contribution is -0.274. The molecule has 35 heavy (non-hydrogen) atoms. The molecule has 0 saturated carbocycles. The van der Waals surface area contributed by atoms with Crippen LogP contribution in [0.2, 0.25) is 0 Å². The highest BCUT2D eigenvalue weighted by atomic mass is 19.4. The lowest BCUT2D eigenvalue weighted by Gasteiger charge is -2.15. The van der Waals surface area contributed by atoms with Crippen molar-refractivity contribution in [1.82, 2.24) is 5.16 Å². The van der Waals surface area contributed by atoms with E-state index in [-0.39, 0.29) is 5.56 Å². The van der Waals surface area contributed by atoms with Crippen LogP contribution in [0.25, 0.3) is 22.6 Å². The third-order valence-corrected chi connectivity index (χ3v) is 5.74. The van der Waals surface area contributed by atoms with Gasteiger partial charge in [0, 0.05) is 22.3 Å². The van der Waals surface area contributed by atoms with Crippen molar-refractivity contribution < 1.29 is 32.0 Å². The monoisotopic (exact) mass is 480 g/mol. The Morgan fingerprint density at radius 1 is 1.03 bits per heavy atom. The molecule has 9 heteroatoms. The zero-order valence-electron chi connectivity index (χ0n) is 18.5. The summed E-state index contributed by atoms with van der Waals surface area (Å²) in [6.45, 7) is 0. The van der Waals surface area contributed by atoms with Gasteiger partial charge in [0.2, 0.25) is 0 Å². The van der Waals surface area contributed by atoms with Crippen LogP contribution in [0.3, 0.4) is 0 Å². The Kier molecular flexibility index (Phi) is 5.68. The summed E-state index contributed by atoms with van der Waals surface area (Å²) in [4.78, 5) is 12.8. The molecular formula is C26H19F3N2O4. The molecule has 1 N–H and O–H groups in total. The van der Waals surface area contributed by atoms with E-state index in [2.05, 4.69) is 21.3 Å². The summed E-state index contributed by atoms with van der Waals surface area (Å²) in [5.74, 6) is -0.141. The van der Waals surface area contributed by atoms with Crippen molar-refractivity contribution in [2.75, 3.05) is 12.4 Å². The number of aromatic nitrogens is 1. The Morgan fingerprint density at radius 3 is 2.66 bits per heavy atom. The number of hydrogen-bond acceptors (Lipinski definition) is 5. The van der Waals surface area contributed by atoms with Crippen LogP contribution in [0.15, 0.2) is 71.3 Å². The maximum absolute atomic E-state index is 12.8. The van der Waals surface area contributed by atoms with Crippen LogP contribution in [0, 0.1) is 0 Å². The van der Waals surface area contributed by atoms with Crippen LogP contribution < -0.4 is 14.8 Å². The van der Waals surface area contributed by atoms with Gasteiger partial charge in [0.1, 0.15) is 17.2 Å². The van der Waals surface area contributed by atoms with E-state index in [1.807, 2.05) is 18.2 Å². The Hall–Kier alpha value is -4.27. The molecule has 1 aliphatic carbocycles. The van der Waals surface area contributed by atoms with Gasteiger partial charge in [-0.15, -0.1) is 13.2 Å². The minimum absolute atomic E-state index is 0.00661. The number of alkyl halides is 3. The van der Waals surface area contributed by atoms with Gasteiger partial charge in [0.25, 0.3) is 5.91 Å². The molecule has 1 amide bonds. The van der Waals surface area contributed by atoms with Crippen molar-refractivity contribution in [3.05, 3.63) is 83.4 Å². The predicted octanol–water partition coefficient (Wildman–Crippen LogP) is 6.27. The summed E-state index contributed by atoms with van der Waals surface area (Å²) in [5, 5.41) is 7.00. The molecule has 0 spiro atoms. The summed E-state index contributed by atoms with van der Waals surface area (Å²) < 4.78 is 52.6. The third kappa shape index (κ3) is 4.57. The second-order valence-electron chi connectivity index (χ2n) is 7.94. The van der Waals surface area contributed by atoms with Crippen molar-refractivity contribution in [3.63, 3.8) is 0 Å². The number of anilines is 1. The van der Waals surface area contributed by atoms with E-state index in [1.165, 1.54) is 24.8 Å². The first-order valence-corrected chi connectivity index (χ1v) is 10.7. The highest BCUT2D eigenvalue weighted by molar-refractivity contribution is 6.05. The van der Waals surface area contributed by atoms with Crippen LogP contribution in [0.1, 0.15) is 21.5 Å². The van der Waals surface area contributed by atoms with Crippen molar-refractivity contribution in [1.29, 1.82) is 0 Å². The van der Waals surface area contributed by atoms with Crippen LogP contribution in [0.5, 0.6) is 11.5 Å². The number of nitrogens with one attached hydrogen (secondary N) is 1. The standard InChI is InChI=1S/C26H19F3N2O4/c1-33-22-12-10-16(24-20-11-9-15-5-2-3-8-19(15)23(20)31-35-24)14-21(22)30-25(32)17-6-4-7-18(13-17)34-26(27,28)29/h2-8,10,12-14H,9,11H2,1H3,(H,30,32). The quantitative estimate of drug-likeness (QED) is 0.365. The summed E-state index contributed by atoms with van der Waals surface area (Å²) >= 11 is 0. The highest BCUT2D eigenvalue weighted by Crippen LogP contribution is 2.40. The minimum atomic E-state index is -4.86. The van der Waals surface area contributed by atoms with Gasteiger partial charge in [0.15, 0.2) is 5.76 Å². The molecule has 178 valence electrons. The van der Waals surface area contributed by atoms with Crippen LogP contribution in [-0.4, -0.2) is 24.5 Å². The fraction of sp³-hybridized carbons (Fsp3) is 0.154. The van der Waals surface area contributed by atoms with Crippen molar-refractivity contribution in [3.8, 4) is 34.1 Å². The van der Waals surface area contributed by atoms with E-state index in [9.17, 15) is 18.0 Å². The number of benzene rings is 3. The van der Waals surface area contributed by atoms with Gasteiger partial charge in [-0.3, -0.25) is 4.79 Å². The first-order chi connectivity index (χ1) is 16.8. The SMILES string of the molecule is COc1ccc(-c2onc3c2CCc2ccccc2-3)cc1NC(=O)c1cccc(OC(F)(F)F)c1. The first-order valence-electron chi connectivity index (χ1n) is 10.7. The zero-order chi connectivity index (χ0) is 24.6. The summed E-state index contributed by atoms with van der Waals surface area (Å²) in [7, 11) is 1.45. The Balaban J connectivity index is 1.45. The first kappa shape index (κ1) is 22.5. The number of amides is 1. The molecule has 1 aromatic heterocycles. The van der Waals surface area contributed by atoms with Gasteiger partial charge in [-0.05, 0) is 54.8 Å². The molecule has 0 atom stereocenters. The molecule has 0 unspecified atom stereocenters. The number of ether oxygens (including phenoxy) is 2. The minimum Gasteiger partial charge on any atom is -0.495 e. The molecule has 1 heterocycles. The van der Waals surface area contributed by atoms with Gasteiger partial charge in [-0.25, -0.2) is 0 Å². The van der Waals surface area contributed by atoms with E-state index < -0.39 is 18.0 Å². The Morgan fingerprint density at radius 2 is 1.86 bits per heavy atom. The smallest absolute Gasteiger partial charge is 0.495 e. The average Bonchev–Trinajstić information content (AvgIpc) is 3.28. The number of carbonyl (C=O) groups is 1. The number of fused-ring (bicyclic) bond motifs is 3. The molecule has 0 aliphatic heterocycles. The molecule has 0 radical (unpaired) electrons. The van der Waals surface area contributed by atoms with Gasteiger partial charge < -0.3 is 19.3 Å². The molecule has 0 bridgehead atoms. The van der Waals surface area contributed by atoms with E-state index in [1.54, 1.807) is 18.2 Å². The van der Waals surface area contributed by atoms with Gasteiger partial charge in [-0.2, -0.15) is 0 Å². The van der Waals surface area contributed by atoms with Crippen LogP contribution >= 0.6 is 0 Å². The lowest BCUT2D eigenvalue weighted by atomic mass is 9.88. The van der Waals surface area contributed by atoms with Gasteiger partial charge >= 0.3 is 6.36 Å². The normalized spacial score (nSPS) is 12.5. The number of rotatable bonds is 5. The summed E-state index contributed by atoms with van der Waals surface area (Å²) in [6.07, 6.45) is -3.25. The second-order valence-corrected chi connectivity index (χ2v) is 7.94. The molecule has 6 nitrogen and oxygen atoms in total. The molecule has 4 aromatic rings. The second kappa shape index (κ2) is 8.83. The highest BCUT2D eigenvalue weighted by Gasteiger charge is 2.31. The fourth-order valence-corrected chi connectivity index (χ4v) is 4.18. The fourth-order valence-electron chi connectivity index (χ4n) is 4.18.